The van der Waals surface area contributed by atoms with Gasteiger partial charge in [0.25, 0.3) is 0 Å². The van der Waals surface area contributed by atoms with Gasteiger partial charge in [-0.15, -0.1) is 0 Å². The molecule has 1 saturated carbocycles. The summed E-state index contributed by atoms with van der Waals surface area (Å²) in [5, 5.41) is 3.87. The largest absolute Gasteiger partial charge is 0.313 e. The Morgan fingerprint density at radius 3 is 2.56 bits per heavy atom. The Balaban J connectivity index is 1.75. The highest BCUT2D eigenvalue weighted by Crippen LogP contribution is 2.35. The third kappa shape index (κ3) is 3.40. The zero-order valence-corrected chi connectivity index (χ0v) is 11.7. The SMILES string of the molecule is CC1(C)CCCCC1NCC1CCSCC1. The Bertz CT molecular complexity index is 209. The molecule has 0 aromatic heterocycles. The van der Waals surface area contributed by atoms with Crippen LogP contribution in [0.5, 0.6) is 0 Å². The summed E-state index contributed by atoms with van der Waals surface area (Å²) in [4.78, 5) is 0. The third-order valence-electron chi connectivity index (χ3n) is 4.50. The molecular weight excluding hydrogens is 214 g/mol. The topological polar surface area (TPSA) is 12.0 Å². The van der Waals surface area contributed by atoms with Gasteiger partial charge in [-0.2, -0.15) is 11.8 Å². The highest BCUT2D eigenvalue weighted by atomic mass is 32.2. The lowest BCUT2D eigenvalue weighted by Gasteiger charge is -2.40. The molecule has 0 spiro atoms. The van der Waals surface area contributed by atoms with Crippen LogP contribution in [0, 0.1) is 11.3 Å². The van der Waals surface area contributed by atoms with Crippen LogP contribution in [0.3, 0.4) is 0 Å². The number of nitrogens with one attached hydrogen (secondary N) is 1. The summed E-state index contributed by atoms with van der Waals surface area (Å²) in [6.45, 7) is 6.16. The number of rotatable bonds is 3. The molecule has 1 heterocycles. The lowest BCUT2D eigenvalue weighted by molar-refractivity contribution is 0.161. The first kappa shape index (κ1) is 12.8. The van der Waals surface area contributed by atoms with Crippen molar-refractivity contribution in [2.45, 2.75) is 58.4 Å². The fourth-order valence-electron chi connectivity index (χ4n) is 3.13. The van der Waals surface area contributed by atoms with Gasteiger partial charge >= 0.3 is 0 Å². The molecule has 1 nitrogen and oxygen atoms in total. The third-order valence-corrected chi connectivity index (χ3v) is 5.55. The maximum absolute atomic E-state index is 3.87. The molecule has 1 atom stereocenters. The summed E-state index contributed by atoms with van der Waals surface area (Å²) in [5.74, 6) is 3.74. The number of hydrogen-bond acceptors (Lipinski definition) is 2. The molecule has 0 radical (unpaired) electrons. The van der Waals surface area contributed by atoms with Crippen LogP contribution in [-0.2, 0) is 0 Å². The van der Waals surface area contributed by atoms with E-state index in [1.54, 1.807) is 0 Å². The molecule has 0 aromatic carbocycles. The maximum Gasteiger partial charge on any atom is 0.0118 e. The molecule has 2 heteroatoms. The average molecular weight is 241 g/mol. The van der Waals surface area contributed by atoms with Crippen LogP contribution in [-0.4, -0.2) is 24.1 Å². The first-order valence-electron chi connectivity index (χ1n) is 6.99. The summed E-state index contributed by atoms with van der Waals surface area (Å²) in [6.07, 6.45) is 8.54. The van der Waals surface area contributed by atoms with E-state index in [-0.39, 0.29) is 0 Å². The van der Waals surface area contributed by atoms with E-state index < -0.39 is 0 Å². The lowest BCUT2D eigenvalue weighted by atomic mass is 9.73. The molecule has 1 unspecified atom stereocenters. The minimum atomic E-state index is 0.529. The van der Waals surface area contributed by atoms with Gasteiger partial charge in [0.1, 0.15) is 0 Å². The van der Waals surface area contributed by atoms with Crippen LogP contribution < -0.4 is 5.32 Å². The van der Waals surface area contributed by atoms with E-state index in [4.69, 9.17) is 0 Å². The zero-order chi connectivity index (χ0) is 11.4. The van der Waals surface area contributed by atoms with E-state index in [2.05, 4.69) is 30.9 Å². The van der Waals surface area contributed by atoms with Crippen LogP contribution >= 0.6 is 11.8 Å². The van der Waals surface area contributed by atoms with Crippen molar-refractivity contribution in [2.75, 3.05) is 18.1 Å². The minimum Gasteiger partial charge on any atom is -0.313 e. The van der Waals surface area contributed by atoms with Gasteiger partial charge in [-0.05, 0) is 55.1 Å². The fourth-order valence-corrected chi connectivity index (χ4v) is 4.34. The maximum atomic E-state index is 3.87. The molecule has 94 valence electrons. The summed E-state index contributed by atoms with van der Waals surface area (Å²) in [5.41, 5.74) is 0.529. The van der Waals surface area contributed by atoms with Crippen LogP contribution in [0.1, 0.15) is 52.4 Å². The highest BCUT2D eigenvalue weighted by molar-refractivity contribution is 7.99. The summed E-state index contributed by atoms with van der Waals surface area (Å²) in [6, 6.07) is 0.774. The molecule has 2 fully saturated rings. The molecule has 2 rings (SSSR count). The quantitative estimate of drug-likeness (QED) is 0.809. The van der Waals surface area contributed by atoms with Crippen molar-refractivity contribution in [2.24, 2.45) is 11.3 Å². The Labute approximate surface area is 105 Å². The van der Waals surface area contributed by atoms with Crippen molar-refractivity contribution in [3.8, 4) is 0 Å². The molecule has 1 N–H and O–H groups in total. The Hall–Kier alpha value is 0.310. The van der Waals surface area contributed by atoms with Crippen molar-refractivity contribution < 1.29 is 0 Å². The van der Waals surface area contributed by atoms with Gasteiger partial charge in [-0.1, -0.05) is 26.7 Å². The van der Waals surface area contributed by atoms with Gasteiger partial charge in [-0.25, -0.2) is 0 Å². The van der Waals surface area contributed by atoms with Crippen LogP contribution in [0.2, 0.25) is 0 Å². The smallest absolute Gasteiger partial charge is 0.0118 e. The van der Waals surface area contributed by atoms with Gasteiger partial charge in [0.2, 0.25) is 0 Å². The second-order valence-electron chi connectivity index (χ2n) is 6.25. The first-order valence-corrected chi connectivity index (χ1v) is 8.15. The molecule has 1 saturated heterocycles. The summed E-state index contributed by atoms with van der Waals surface area (Å²) >= 11 is 2.13. The standard InChI is InChI=1S/C14H27NS/c1-14(2)8-4-3-5-13(14)15-11-12-6-9-16-10-7-12/h12-13,15H,3-11H2,1-2H3. The Kier molecular flexibility index (Phi) is 4.60. The molecule has 0 amide bonds. The van der Waals surface area contributed by atoms with Crippen molar-refractivity contribution >= 4 is 11.8 Å². The van der Waals surface area contributed by atoms with E-state index >= 15 is 0 Å². The summed E-state index contributed by atoms with van der Waals surface area (Å²) < 4.78 is 0. The van der Waals surface area contributed by atoms with E-state index in [1.165, 1.54) is 56.6 Å². The van der Waals surface area contributed by atoms with Crippen LogP contribution in [0.15, 0.2) is 0 Å². The average Bonchev–Trinajstić information content (AvgIpc) is 2.28. The normalized spacial score (nSPS) is 31.5. The van der Waals surface area contributed by atoms with Crippen LogP contribution in [0.25, 0.3) is 0 Å². The number of hydrogen-bond donors (Lipinski definition) is 1. The van der Waals surface area contributed by atoms with Gasteiger partial charge in [0, 0.05) is 6.04 Å². The molecule has 16 heavy (non-hydrogen) atoms. The molecule has 1 aliphatic carbocycles. The van der Waals surface area contributed by atoms with Crippen molar-refractivity contribution in [3.05, 3.63) is 0 Å². The zero-order valence-electron chi connectivity index (χ0n) is 10.9. The second-order valence-corrected chi connectivity index (χ2v) is 7.48. The van der Waals surface area contributed by atoms with Gasteiger partial charge < -0.3 is 5.32 Å². The van der Waals surface area contributed by atoms with Crippen LogP contribution in [0.4, 0.5) is 0 Å². The van der Waals surface area contributed by atoms with E-state index in [9.17, 15) is 0 Å². The highest BCUT2D eigenvalue weighted by Gasteiger charge is 2.32. The Morgan fingerprint density at radius 1 is 1.12 bits per heavy atom. The van der Waals surface area contributed by atoms with Gasteiger partial charge in [0.05, 0.1) is 0 Å². The predicted molar refractivity (Wildman–Crippen MR) is 74.1 cm³/mol. The molecule has 1 aliphatic heterocycles. The minimum absolute atomic E-state index is 0.529. The fraction of sp³-hybridized carbons (Fsp3) is 1.00. The molecular formula is C14H27NS. The second kappa shape index (κ2) is 5.77. The van der Waals surface area contributed by atoms with E-state index in [0.717, 1.165) is 12.0 Å². The Morgan fingerprint density at radius 2 is 1.88 bits per heavy atom. The summed E-state index contributed by atoms with van der Waals surface area (Å²) in [7, 11) is 0. The lowest BCUT2D eigenvalue weighted by Crippen LogP contribution is -2.46. The molecule has 2 aliphatic rings. The monoisotopic (exact) mass is 241 g/mol. The predicted octanol–water partition coefficient (Wildman–Crippen LogP) is 3.69. The van der Waals surface area contributed by atoms with E-state index in [1.807, 2.05) is 0 Å². The van der Waals surface area contributed by atoms with Gasteiger partial charge in [-0.3, -0.25) is 0 Å². The first-order chi connectivity index (χ1) is 7.68. The number of thioether (sulfide) groups is 1. The van der Waals surface area contributed by atoms with Crippen molar-refractivity contribution in [1.82, 2.24) is 5.32 Å². The van der Waals surface area contributed by atoms with E-state index in [0.29, 0.717) is 5.41 Å². The molecule has 0 aromatic rings. The molecule has 0 bridgehead atoms. The van der Waals surface area contributed by atoms with Gasteiger partial charge in [0.15, 0.2) is 0 Å². The van der Waals surface area contributed by atoms with Crippen molar-refractivity contribution in [3.63, 3.8) is 0 Å². The van der Waals surface area contributed by atoms with Crippen molar-refractivity contribution in [1.29, 1.82) is 0 Å².